The molecule has 0 N–H and O–H groups in total. The molecular formula is C22H13Cl2NO2. The first-order chi connectivity index (χ1) is 13.1. The van der Waals surface area contributed by atoms with Crippen LogP contribution in [0.5, 0.6) is 0 Å². The van der Waals surface area contributed by atoms with Gasteiger partial charge < -0.3 is 0 Å². The van der Waals surface area contributed by atoms with Gasteiger partial charge in [0.2, 0.25) is 0 Å². The van der Waals surface area contributed by atoms with E-state index in [9.17, 15) is 9.59 Å². The number of benzene rings is 3. The van der Waals surface area contributed by atoms with Crippen molar-refractivity contribution in [2.75, 3.05) is 4.90 Å². The third kappa shape index (κ3) is 3.05. The number of rotatable bonds is 3. The summed E-state index contributed by atoms with van der Waals surface area (Å²) in [6, 6.07) is 22.7. The van der Waals surface area contributed by atoms with Crippen LogP contribution in [0, 0.1) is 0 Å². The molecule has 4 rings (SSSR count). The molecule has 1 heterocycles. The zero-order valence-electron chi connectivity index (χ0n) is 14.0. The highest BCUT2D eigenvalue weighted by molar-refractivity contribution is 6.57. The Hall–Kier alpha value is -2.88. The number of carbonyl (C=O) groups excluding carboxylic acids is 2. The summed E-state index contributed by atoms with van der Waals surface area (Å²) in [4.78, 5) is 27.7. The Morgan fingerprint density at radius 3 is 1.89 bits per heavy atom. The van der Waals surface area contributed by atoms with Gasteiger partial charge in [0, 0.05) is 15.6 Å². The first kappa shape index (κ1) is 17.5. The van der Waals surface area contributed by atoms with E-state index >= 15 is 0 Å². The number of carbonyl (C=O) groups is 2. The van der Waals surface area contributed by atoms with Crippen molar-refractivity contribution in [3.05, 3.63) is 100 Å². The van der Waals surface area contributed by atoms with Gasteiger partial charge in [-0.2, -0.15) is 0 Å². The second-order valence-corrected chi connectivity index (χ2v) is 6.86. The number of hydrogen-bond acceptors (Lipinski definition) is 2. The Morgan fingerprint density at radius 1 is 0.630 bits per heavy atom. The van der Waals surface area contributed by atoms with Crippen molar-refractivity contribution in [3.8, 4) is 0 Å². The van der Waals surface area contributed by atoms with E-state index in [4.69, 9.17) is 23.2 Å². The van der Waals surface area contributed by atoms with Gasteiger partial charge in [0.1, 0.15) is 0 Å². The average molecular weight is 394 g/mol. The Morgan fingerprint density at radius 2 is 1.22 bits per heavy atom. The summed E-state index contributed by atoms with van der Waals surface area (Å²) in [5.74, 6) is -0.794. The van der Waals surface area contributed by atoms with E-state index in [0.717, 1.165) is 4.90 Å². The molecule has 132 valence electrons. The number of amides is 2. The van der Waals surface area contributed by atoms with Crippen LogP contribution in [-0.4, -0.2) is 11.8 Å². The molecule has 0 atom stereocenters. The molecule has 0 aromatic heterocycles. The Balaban J connectivity index is 1.93. The van der Waals surface area contributed by atoms with Crippen LogP contribution in [-0.2, 0) is 9.59 Å². The number of halogens is 2. The normalized spacial score (nSPS) is 14.2. The minimum atomic E-state index is -0.408. The molecule has 3 aromatic rings. The predicted octanol–water partition coefficient (Wildman–Crippen LogP) is 5.48. The van der Waals surface area contributed by atoms with Gasteiger partial charge in [0.15, 0.2) is 0 Å². The van der Waals surface area contributed by atoms with Gasteiger partial charge in [0.25, 0.3) is 11.8 Å². The van der Waals surface area contributed by atoms with Crippen molar-refractivity contribution >= 4 is 51.8 Å². The summed E-state index contributed by atoms with van der Waals surface area (Å²) in [7, 11) is 0. The monoisotopic (exact) mass is 393 g/mol. The lowest BCUT2D eigenvalue weighted by molar-refractivity contribution is -0.119. The van der Waals surface area contributed by atoms with Gasteiger partial charge in [-0.05, 0) is 35.9 Å². The van der Waals surface area contributed by atoms with Crippen molar-refractivity contribution in [2.45, 2.75) is 0 Å². The fourth-order valence-corrected chi connectivity index (χ4v) is 3.50. The van der Waals surface area contributed by atoms with Crippen LogP contribution < -0.4 is 4.90 Å². The lowest BCUT2D eigenvalue weighted by atomic mass is 9.96. The highest BCUT2D eigenvalue weighted by Gasteiger charge is 2.41. The van der Waals surface area contributed by atoms with E-state index < -0.39 is 5.91 Å². The van der Waals surface area contributed by atoms with Crippen LogP contribution >= 0.6 is 23.2 Å². The molecule has 0 spiro atoms. The van der Waals surface area contributed by atoms with Crippen LogP contribution in [0.3, 0.4) is 0 Å². The number of hydrogen-bond donors (Lipinski definition) is 0. The quantitative estimate of drug-likeness (QED) is 0.552. The van der Waals surface area contributed by atoms with Crippen LogP contribution in [0.15, 0.2) is 78.9 Å². The summed E-state index contributed by atoms with van der Waals surface area (Å²) in [5, 5.41) is 0.945. The fraction of sp³-hybridized carbons (Fsp3) is 0. The average Bonchev–Trinajstić information content (AvgIpc) is 2.94. The maximum Gasteiger partial charge on any atom is 0.266 e. The molecule has 1 aliphatic heterocycles. The molecule has 0 saturated carbocycles. The molecule has 2 amide bonds. The van der Waals surface area contributed by atoms with Gasteiger partial charge in [-0.1, -0.05) is 71.7 Å². The number of imide groups is 1. The second kappa shape index (κ2) is 7.03. The van der Waals surface area contributed by atoms with Gasteiger partial charge in [0.05, 0.1) is 16.8 Å². The predicted molar refractivity (Wildman–Crippen MR) is 109 cm³/mol. The summed E-state index contributed by atoms with van der Waals surface area (Å²) in [6.07, 6.45) is 0. The zero-order valence-corrected chi connectivity index (χ0v) is 15.5. The van der Waals surface area contributed by atoms with Crippen LogP contribution in [0.2, 0.25) is 10.0 Å². The Labute approximate surface area is 166 Å². The topological polar surface area (TPSA) is 37.4 Å². The largest absolute Gasteiger partial charge is 0.268 e. The summed E-state index contributed by atoms with van der Waals surface area (Å²) < 4.78 is 0. The lowest BCUT2D eigenvalue weighted by Crippen LogP contribution is -2.31. The molecule has 0 fully saturated rings. The maximum atomic E-state index is 13.3. The van der Waals surface area contributed by atoms with Crippen LogP contribution in [0.4, 0.5) is 5.69 Å². The Bertz CT molecular complexity index is 1070. The molecule has 1 aliphatic rings. The molecule has 5 heteroatoms. The standard InChI is InChI=1S/C22H13Cl2NO2/c23-15-10-12-16(13-11-15)25-21(26)19(14-6-2-1-3-7-14)20(22(25)27)17-8-4-5-9-18(17)24/h1-13H. The first-order valence-corrected chi connectivity index (χ1v) is 9.02. The van der Waals surface area contributed by atoms with Gasteiger partial charge >= 0.3 is 0 Å². The van der Waals surface area contributed by atoms with Crippen LogP contribution in [0.1, 0.15) is 11.1 Å². The highest BCUT2D eigenvalue weighted by atomic mass is 35.5. The van der Waals surface area contributed by atoms with Crippen molar-refractivity contribution in [1.29, 1.82) is 0 Å². The second-order valence-electron chi connectivity index (χ2n) is 6.02. The van der Waals surface area contributed by atoms with Gasteiger partial charge in [-0.15, -0.1) is 0 Å². The van der Waals surface area contributed by atoms with E-state index in [1.807, 2.05) is 30.3 Å². The minimum absolute atomic E-state index is 0.298. The van der Waals surface area contributed by atoms with Gasteiger partial charge in [-0.25, -0.2) is 4.90 Å². The summed E-state index contributed by atoms with van der Waals surface area (Å²) >= 11 is 12.3. The molecule has 0 radical (unpaired) electrons. The number of anilines is 1. The van der Waals surface area contributed by atoms with Crippen molar-refractivity contribution in [2.24, 2.45) is 0 Å². The Kier molecular flexibility index (Phi) is 4.56. The third-order valence-electron chi connectivity index (χ3n) is 4.37. The van der Waals surface area contributed by atoms with Crippen molar-refractivity contribution < 1.29 is 9.59 Å². The summed E-state index contributed by atoms with van der Waals surface area (Å²) in [6.45, 7) is 0. The highest BCUT2D eigenvalue weighted by Crippen LogP contribution is 2.40. The molecule has 27 heavy (non-hydrogen) atoms. The van der Waals surface area contributed by atoms with Crippen molar-refractivity contribution in [1.82, 2.24) is 0 Å². The van der Waals surface area contributed by atoms with E-state index in [1.165, 1.54) is 0 Å². The lowest BCUT2D eigenvalue weighted by Gasteiger charge is -2.15. The maximum absolute atomic E-state index is 13.3. The molecule has 0 saturated heterocycles. The van der Waals surface area contributed by atoms with E-state index in [2.05, 4.69) is 0 Å². The van der Waals surface area contributed by atoms with Gasteiger partial charge in [-0.3, -0.25) is 9.59 Å². The van der Waals surface area contributed by atoms with E-state index in [-0.39, 0.29) is 5.91 Å². The van der Waals surface area contributed by atoms with E-state index in [0.29, 0.717) is 38.0 Å². The molecule has 3 nitrogen and oxygen atoms in total. The first-order valence-electron chi connectivity index (χ1n) is 8.27. The fourth-order valence-electron chi connectivity index (χ4n) is 3.14. The molecule has 0 aliphatic carbocycles. The molecule has 3 aromatic carbocycles. The minimum Gasteiger partial charge on any atom is -0.268 e. The SMILES string of the molecule is O=C1C(c2ccccc2)=C(c2ccccc2Cl)C(=O)N1c1ccc(Cl)cc1. The van der Waals surface area contributed by atoms with Crippen molar-refractivity contribution in [3.63, 3.8) is 0 Å². The van der Waals surface area contributed by atoms with E-state index in [1.54, 1.807) is 48.5 Å². The molecule has 0 unspecified atom stereocenters. The zero-order chi connectivity index (χ0) is 19.0. The number of nitrogens with zero attached hydrogens (tertiary/aromatic N) is 1. The smallest absolute Gasteiger partial charge is 0.266 e. The molecular weight excluding hydrogens is 381 g/mol. The third-order valence-corrected chi connectivity index (χ3v) is 4.96. The summed E-state index contributed by atoms with van der Waals surface area (Å²) in [5.41, 5.74) is 2.30. The van der Waals surface area contributed by atoms with Crippen LogP contribution in [0.25, 0.3) is 11.1 Å². The molecule has 0 bridgehead atoms.